The number of benzene rings is 4. The van der Waals surface area contributed by atoms with E-state index in [9.17, 15) is 13.6 Å². The Morgan fingerprint density at radius 1 is 0.811 bits per heavy atom. The van der Waals surface area contributed by atoms with Gasteiger partial charge in [-0.25, -0.2) is 10.4 Å². The monoisotopic (exact) mass is 493 g/mol. The molecule has 0 atom stereocenters. The molecule has 5 nitrogen and oxygen atoms in total. The highest BCUT2D eigenvalue weighted by atomic mass is 19.3. The van der Waals surface area contributed by atoms with Crippen molar-refractivity contribution in [1.82, 2.24) is 10.4 Å². The molecule has 5 aromatic rings. The summed E-state index contributed by atoms with van der Waals surface area (Å²) < 4.78 is 29.8. The van der Waals surface area contributed by atoms with Crippen molar-refractivity contribution in [3.8, 4) is 28.1 Å². The van der Waals surface area contributed by atoms with Crippen molar-refractivity contribution in [2.45, 2.75) is 6.61 Å². The molecule has 1 N–H and O–H groups in total. The molecule has 182 valence electrons. The third kappa shape index (κ3) is 5.51. The number of hydrogen-bond acceptors (Lipinski definition) is 4. The Morgan fingerprint density at radius 3 is 2.24 bits per heavy atom. The second kappa shape index (κ2) is 10.8. The van der Waals surface area contributed by atoms with E-state index in [0.717, 1.165) is 16.7 Å². The van der Waals surface area contributed by atoms with E-state index < -0.39 is 12.5 Å². The molecule has 4 aromatic carbocycles. The largest absolute Gasteiger partial charge is 0.434 e. The Balaban J connectivity index is 1.43. The van der Waals surface area contributed by atoms with Crippen LogP contribution in [0.4, 0.5) is 8.78 Å². The van der Waals surface area contributed by atoms with Gasteiger partial charge < -0.3 is 4.74 Å². The average Bonchev–Trinajstić information content (AvgIpc) is 2.93. The lowest BCUT2D eigenvalue weighted by atomic mass is 10.0. The van der Waals surface area contributed by atoms with Gasteiger partial charge in [-0.1, -0.05) is 84.9 Å². The molecule has 0 fully saturated rings. The fourth-order valence-electron chi connectivity index (χ4n) is 3.99. The van der Waals surface area contributed by atoms with Crippen LogP contribution in [0.2, 0.25) is 0 Å². The summed E-state index contributed by atoms with van der Waals surface area (Å²) in [6.45, 7) is -2.97. The van der Waals surface area contributed by atoms with Gasteiger partial charge in [-0.05, 0) is 35.4 Å². The van der Waals surface area contributed by atoms with Gasteiger partial charge in [0.1, 0.15) is 5.75 Å². The molecule has 0 aliphatic heterocycles. The number of ether oxygens (including phenoxy) is 1. The van der Waals surface area contributed by atoms with Crippen molar-refractivity contribution < 1.29 is 18.3 Å². The van der Waals surface area contributed by atoms with E-state index in [1.165, 1.54) is 12.3 Å². The smallest absolute Gasteiger partial charge is 0.387 e. The van der Waals surface area contributed by atoms with Crippen LogP contribution in [0.15, 0.2) is 114 Å². The van der Waals surface area contributed by atoms with Gasteiger partial charge >= 0.3 is 6.61 Å². The van der Waals surface area contributed by atoms with E-state index in [2.05, 4.69) is 15.3 Å². The van der Waals surface area contributed by atoms with E-state index in [1.54, 1.807) is 24.3 Å². The number of fused-ring (bicyclic) bond motifs is 1. The van der Waals surface area contributed by atoms with Crippen LogP contribution in [0.3, 0.4) is 0 Å². The molecule has 0 saturated heterocycles. The molecule has 5 rings (SSSR count). The third-order valence-corrected chi connectivity index (χ3v) is 5.75. The number of hydrazone groups is 1. The minimum absolute atomic E-state index is 0.0360. The first-order chi connectivity index (χ1) is 18.1. The number of hydrogen-bond donors (Lipinski definition) is 1. The summed E-state index contributed by atoms with van der Waals surface area (Å²) in [4.78, 5) is 17.9. The van der Waals surface area contributed by atoms with E-state index >= 15 is 0 Å². The number of halogens is 2. The third-order valence-electron chi connectivity index (χ3n) is 5.75. The average molecular weight is 494 g/mol. The van der Waals surface area contributed by atoms with Gasteiger partial charge in [0.2, 0.25) is 0 Å². The molecular weight excluding hydrogens is 472 g/mol. The van der Waals surface area contributed by atoms with Gasteiger partial charge in [0.25, 0.3) is 5.91 Å². The number of alkyl halides is 2. The maximum atomic E-state index is 13.1. The molecule has 1 aromatic heterocycles. The fourth-order valence-corrected chi connectivity index (χ4v) is 3.99. The first kappa shape index (κ1) is 23.8. The van der Waals surface area contributed by atoms with E-state index in [1.807, 2.05) is 78.9 Å². The summed E-state index contributed by atoms with van der Waals surface area (Å²) in [5.74, 6) is -0.490. The zero-order valence-corrected chi connectivity index (χ0v) is 19.5. The van der Waals surface area contributed by atoms with Crippen molar-refractivity contribution in [2.75, 3.05) is 0 Å². The van der Waals surface area contributed by atoms with Crippen LogP contribution in [0.1, 0.15) is 15.9 Å². The highest BCUT2D eigenvalue weighted by Crippen LogP contribution is 2.27. The maximum absolute atomic E-state index is 13.1. The number of aromatic nitrogens is 1. The molecule has 0 bridgehead atoms. The SMILES string of the molecule is O=C(N/N=C/c1ccccc1OC(F)F)c1cc(-c2ccc(-c3ccccc3)cc2)nc2ccccc12. The fraction of sp³-hybridized carbons (Fsp3) is 0.0333. The quantitative estimate of drug-likeness (QED) is 0.197. The predicted molar refractivity (Wildman–Crippen MR) is 141 cm³/mol. The summed E-state index contributed by atoms with van der Waals surface area (Å²) in [6, 6.07) is 33.3. The van der Waals surface area contributed by atoms with Crippen molar-refractivity contribution in [3.05, 3.63) is 120 Å². The second-order valence-electron chi connectivity index (χ2n) is 8.13. The normalized spacial score (nSPS) is 11.2. The molecule has 0 unspecified atom stereocenters. The first-order valence-electron chi connectivity index (χ1n) is 11.5. The molecule has 1 amide bonds. The van der Waals surface area contributed by atoms with Crippen LogP contribution in [0, 0.1) is 0 Å². The minimum Gasteiger partial charge on any atom is -0.434 e. The highest BCUT2D eigenvalue weighted by Gasteiger charge is 2.14. The van der Waals surface area contributed by atoms with Crippen LogP contribution in [-0.4, -0.2) is 23.7 Å². The van der Waals surface area contributed by atoms with Crippen molar-refractivity contribution in [1.29, 1.82) is 0 Å². The van der Waals surface area contributed by atoms with Crippen molar-refractivity contribution in [2.24, 2.45) is 5.10 Å². The number of carbonyl (C=O) groups is 1. The first-order valence-corrected chi connectivity index (χ1v) is 11.5. The molecule has 0 radical (unpaired) electrons. The highest BCUT2D eigenvalue weighted by molar-refractivity contribution is 6.07. The number of rotatable bonds is 7. The lowest BCUT2D eigenvalue weighted by Gasteiger charge is -2.10. The Bertz CT molecular complexity index is 1570. The van der Waals surface area contributed by atoms with Gasteiger partial charge in [-0.15, -0.1) is 0 Å². The Morgan fingerprint density at radius 2 is 1.46 bits per heavy atom. The zero-order chi connectivity index (χ0) is 25.6. The van der Waals surface area contributed by atoms with E-state index in [4.69, 9.17) is 4.98 Å². The Labute approximate surface area is 212 Å². The Hall–Kier alpha value is -4.91. The summed E-state index contributed by atoms with van der Waals surface area (Å²) in [7, 11) is 0. The van der Waals surface area contributed by atoms with Crippen molar-refractivity contribution >= 4 is 23.0 Å². The van der Waals surface area contributed by atoms with Gasteiger partial charge in [0.05, 0.1) is 23.0 Å². The molecule has 1 heterocycles. The minimum atomic E-state index is -2.97. The van der Waals surface area contributed by atoms with Crippen LogP contribution in [0.25, 0.3) is 33.3 Å². The van der Waals surface area contributed by atoms with Gasteiger partial charge in [-0.2, -0.15) is 13.9 Å². The molecule has 0 aliphatic rings. The van der Waals surface area contributed by atoms with Crippen LogP contribution in [-0.2, 0) is 0 Å². The molecule has 0 spiro atoms. The Kier molecular flexibility index (Phi) is 6.94. The molecular formula is C30H21F2N3O2. The molecule has 0 aliphatic carbocycles. The number of carbonyl (C=O) groups excluding carboxylic acids is 1. The summed E-state index contributed by atoms with van der Waals surface area (Å²) in [6.07, 6.45) is 1.27. The lowest BCUT2D eigenvalue weighted by molar-refractivity contribution is -0.0499. The number of pyridine rings is 1. The van der Waals surface area contributed by atoms with Crippen LogP contribution >= 0.6 is 0 Å². The van der Waals surface area contributed by atoms with Crippen LogP contribution in [0.5, 0.6) is 5.75 Å². The van der Waals surface area contributed by atoms with E-state index in [0.29, 0.717) is 27.7 Å². The molecule has 0 saturated carbocycles. The number of para-hydroxylation sites is 2. The lowest BCUT2D eigenvalue weighted by Crippen LogP contribution is -2.18. The molecule has 37 heavy (non-hydrogen) atoms. The standard InChI is InChI=1S/C30H21F2N3O2/c31-30(32)37-28-13-7-4-10-23(28)19-33-35-29(36)25-18-27(34-26-12-6-5-11-24(25)26)22-16-14-21(15-17-22)20-8-2-1-3-9-20/h1-19,30H,(H,35,36)/b33-19+. The maximum Gasteiger partial charge on any atom is 0.387 e. The van der Waals surface area contributed by atoms with Crippen molar-refractivity contribution in [3.63, 3.8) is 0 Å². The van der Waals surface area contributed by atoms with Crippen LogP contribution < -0.4 is 10.2 Å². The summed E-state index contributed by atoms with van der Waals surface area (Å²) >= 11 is 0. The summed E-state index contributed by atoms with van der Waals surface area (Å²) in [5, 5.41) is 4.64. The number of amides is 1. The predicted octanol–water partition coefficient (Wildman–Crippen LogP) is 6.93. The number of nitrogens with zero attached hydrogens (tertiary/aromatic N) is 2. The van der Waals surface area contributed by atoms with Gasteiger partial charge in [-0.3, -0.25) is 4.79 Å². The topological polar surface area (TPSA) is 63.6 Å². The second-order valence-corrected chi connectivity index (χ2v) is 8.13. The molecule has 7 heteroatoms. The van der Waals surface area contributed by atoms with E-state index in [-0.39, 0.29) is 5.75 Å². The van der Waals surface area contributed by atoms with Gasteiger partial charge in [0, 0.05) is 16.5 Å². The van der Waals surface area contributed by atoms with Gasteiger partial charge in [0.15, 0.2) is 0 Å². The zero-order valence-electron chi connectivity index (χ0n) is 19.5. The number of nitrogens with one attached hydrogen (secondary N) is 1. The summed E-state index contributed by atoms with van der Waals surface area (Å²) in [5.41, 5.74) is 7.54.